The molecule has 0 saturated carbocycles. The summed E-state index contributed by atoms with van der Waals surface area (Å²) in [6.07, 6.45) is 0. The molecule has 2 N–H and O–H groups in total. The number of halogens is 7. The summed E-state index contributed by atoms with van der Waals surface area (Å²) in [6, 6.07) is 0.889. The summed E-state index contributed by atoms with van der Waals surface area (Å²) >= 11 is 23.0. The molecule has 0 unspecified atom stereocenters. The van der Waals surface area contributed by atoms with E-state index in [1.54, 1.807) is 0 Å². The van der Waals surface area contributed by atoms with Crippen LogP contribution in [0.1, 0.15) is 20.7 Å². The van der Waals surface area contributed by atoms with Crippen LogP contribution in [0.15, 0.2) is 6.07 Å². The van der Waals surface area contributed by atoms with Crippen molar-refractivity contribution < 1.29 is 37.7 Å². The number of carboxylic acid groups (broad SMARTS) is 2. The maximum absolute atomic E-state index is 14.4. The van der Waals surface area contributed by atoms with Crippen LogP contribution >= 0.6 is 46.4 Å². The van der Waals surface area contributed by atoms with Gasteiger partial charge in [-0.25, -0.2) is 18.4 Å². The Morgan fingerprint density at radius 1 is 0.808 bits per heavy atom. The predicted molar refractivity (Wildman–Crippen MR) is 86.8 cm³/mol. The Hall–Kier alpha value is -1.87. The molecule has 2 rings (SSSR count). The summed E-state index contributed by atoms with van der Waals surface area (Å²) in [4.78, 5) is 22.1. The Labute approximate surface area is 162 Å². The SMILES string of the molecule is O=C(O)c1c(F)c(F)c(Oc2cc(Cl)c(Cl)c(Cl)c2Cl)c(F)c1C(=O)O. The number of aromatic carboxylic acids is 2. The highest BCUT2D eigenvalue weighted by molar-refractivity contribution is 6.52. The van der Waals surface area contributed by atoms with Crippen molar-refractivity contribution in [1.29, 1.82) is 0 Å². The smallest absolute Gasteiger partial charge is 0.339 e. The number of benzene rings is 2. The molecule has 0 radical (unpaired) electrons. The highest BCUT2D eigenvalue weighted by atomic mass is 35.5. The van der Waals surface area contributed by atoms with Gasteiger partial charge in [-0.3, -0.25) is 0 Å². The number of ether oxygens (including phenoxy) is 1. The van der Waals surface area contributed by atoms with Crippen molar-refractivity contribution in [2.45, 2.75) is 0 Å². The maximum atomic E-state index is 14.4. The van der Waals surface area contributed by atoms with E-state index in [1.165, 1.54) is 0 Å². The van der Waals surface area contributed by atoms with Gasteiger partial charge in [-0.2, -0.15) is 4.39 Å². The first kappa shape index (κ1) is 20.4. The third kappa shape index (κ3) is 3.37. The van der Waals surface area contributed by atoms with E-state index in [0.29, 0.717) is 0 Å². The molecule has 138 valence electrons. The molecule has 0 spiro atoms. The lowest BCUT2D eigenvalue weighted by atomic mass is 10.0. The molecule has 2 aromatic rings. The van der Waals surface area contributed by atoms with Gasteiger partial charge in [0.15, 0.2) is 11.6 Å². The minimum atomic E-state index is -2.19. The van der Waals surface area contributed by atoms with Gasteiger partial charge >= 0.3 is 11.9 Å². The molecule has 0 bridgehead atoms. The first-order valence-electron chi connectivity index (χ1n) is 6.16. The number of rotatable bonds is 4. The average molecular weight is 450 g/mol. The first-order valence-corrected chi connectivity index (χ1v) is 7.68. The van der Waals surface area contributed by atoms with Crippen LogP contribution in [0.25, 0.3) is 0 Å². The second-order valence-corrected chi connectivity index (χ2v) is 6.07. The molecule has 12 heteroatoms. The Morgan fingerprint density at radius 3 is 1.81 bits per heavy atom. The van der Waals surface area contributed by atoms with Gasteiger partial charge in [0.2, 0.25) is 11.6 Å². The Morgan fingerprint density at radius 2 is 1.31 bits per heavy atom. The summed E-state index contributed by atoms with van der Waals surface area (Å²) in [5, 5.41) is 16.5. The van der Waals surface area contributed by atoms with E-state index in [9.17, 15) is 22.8 Å². The van der Waals surface area contributed by atoms with Crippen LogP contribution in [0.2, 0.25) is 20.1 Å². The highest BCUT2D eigenvalue weighted by Gasteiger charge is 2.34. The van der Waals surface area contributed by atoms with Crippen LogP contribution in [0.4, 0.5) is 13.2 Å². The van der Waals surface area contributed by atoms with Crippen molar-refractivity contribution in [1.82, 2.24) is 0 Å². The molecule has 5 nitrogen and oxygen atoms in total. The molecule has 0 aliphatic heterocycles. The maximum Gasteiger partial charge on any atom is 0.339 e. The molecular weight excluding hydrogens is 447 g/mol. The molecule has 0 fully saturated rings. The normalized spacial score (nSPS) is 10.7. The van der Waals surface area contributed by atoms with Crippen molar-refractivity contribution in [2.75, 3.05) is 0 Å². The van der Waals surface area contributed by atoms with Gasteiger partial charge in [-0.1, -0.05) is 46.4 Å². The molecular formula is C14H3Cl4F3O5. The van der Waals surface area contributed by atoms with E-state index >= 15 is 0 Å². The Kier molecular flexibility index (Phi) is 5.82. The minimum Gasteiger partial charge on any atom is -0.478 e. The number of hydrogen-bond acceptors (Lipinski definition) is 3. The molecule has 0 atom stereocenters. The number of hydrogen-bond donors (Lipinski definition) is 2. The van der Waals surface area contributed by atoms with Crippen molar-refractivity contribution in [3.63, 3.8) is 0 Å². The van der Waals surface area contributed by atoms with E-state index < -0.39 is 57.0 Å². The van der Waals surface area contributed by atoms with Gasteiger partial charge in [0.1, 0.15) is 21.9 Å². The number of carboxylic acids is 2. The minimum absolute atomic E-state index is 0.203. The second-order valence-electron chi connectivity index (χ2n) is 4.53. The van der Waals surface area contributed by atoms with Crippen LogP contribution in [-0.2, 0) is 0 Å². The molecule has 0 amide bonds. The van der Waals surface area contributed by atoms with Gasteiger partial charge < -0.3 is 14.9 Å². The molecule has 0 aliphatic carbocycles. The summed E-state index contributed by atoms with van der Waals surface area (Å²) < 4.78 is 47.2. The standard InChI is InChI=1S/C14H3Cl4F3O5/c15-2-1-3(7(17)8(18)6(2)16)26-12-10(20)5(14(24)25)4(13(22)23)9(19)11(12)21/h1H,(H,22,23)(H,24,25). The van der Waals surface area contributed by atoms with Gasteiger partial charge in [-0.05, 0) is 0 Å². The van der Waals surface area contributed by atoms with Crippen molar-refractivity contribution in [3.05, 3.63) is 54.7 Å². The number of carbonyl (C=O) groups is 2. The van der Waals surface area contributed by atoms with Crippen molar-refractivity contribution in [2.24, 2.45) is 0 Å². The molecule has 0 saturated heterocycles. The zero-order valence-corrected chi connectivity index (χ0v) is 14.9. The third-order valence-corrected chi connectivity index (χ3v) is 4.72. The summed E-state index contributed by atoms with van der Waals surface area (Å²) in [6.45, 7) is 0. The Balaban J connectivity index is 2.77. The fraction of sp³-hybridized carbons (Fsp3) is 0. The molecule has 0 aromatic heterocycles. The van der Waals surface area contributed by atoms with Gasteiger partial charge in [0.05, 0.1) is 15.1 Å². The topological polar surface area (TPSA) is 83.8 Å². The highest BCUT2D eigenvalue weighted by Crippen LogP contribution is 2.44. The van der Waals surface area contributed by atoms with E-state index in [2.05, 4.69) is 0 Å². The van der Waals surface area contributed by atoms with Crippen LogP contribution < -0.4 is 4.74 Å². The largest absolute Gasteiger partial charge is 0.478 e. The lowest BCUT2D eigenvalue weighted by Crippen LogP contribution is -2.16. The van der Waals surface area contributed by atoms with Gasteiger partial charge in [0, 0.05) is 6.07 Å². The molecule has 0 aliphatic rings. The zero-order valence-electron chi connectivity index (χ0n) is 11.8. The van der Waals surface area contributed by atoms with E-state index in [-0.39, 0.29) is 15.1 Å². The van der Waals surface area contributed by atoms with Crippen LogP contribution in [0.5, 0.6) is 11.5 Å². The fourth-order valence-corrected chi connectivity index (χ4v) is 2.69. The summed E-state index contributed by atoms with van der Waals surface area (Å²) in [5.74, 6) is -12.7. The first-order chi connectivity index (χ1) is 12.0. The van der Waals surface area contributed by atoms with Crippen LogP contribution in [0.3, 0.4) is 0 Å². The van der Waals surface area contributed by atoms with E-state index in [4.69, 9.17) is 61.4 Å². The average Bonchev–Trinajstić information content (AvgIpc) is 2.56. The quantitative estimate of drug-likeness (QED) is 0.448. The summed E-state index contributed by atoms with van der Waals surface area (Å²) in [5.41, 5.74) is -3.35. The van der Waals surface area contributed by atoms with Crippen molar-refractivity contribution >= 4 is 58.3 Å². The Bertz CT molecular complexity index is 965. The van der Waals surface area contributed by atoms with Crippen LogP contribution in [0, 0.1) is 17.5 Å². The van der Waals surface area contributed by atoms with E-state index in [0.717, 1.165) is 6.07 Å². The van der Waals surface area contributed by atoms with E-state index in [1.807, 2.05) is 0 Å². The summed E-state index contributed by atoms with van der Waals surface area (Å²) in [7, 11) is 0. The lowest BCUT2D eigenvalue weighted by Gasteiger charge is -2.15. The van der Waals surface area contributed by atoms with Gasteiger partial charge in [-0.15, -0.1) is 0 Å². The molecule has 26 heavy (non-hydrogen) atoms. The lowest BCUT2D eigenvalue weighted by molar-refractivity contribution is 0.0640. The third-order valence-electron chi connectivity index (χ3n) is 2.99. The zero-order chi connectivity index (χ0) is 19.9. The second kappa shape index (κ2) is 7.40. The monoisotopic (exact) mass is 448 g/mol. The van der Waals surface area contributed by atoms with Crippen LogP contribution in [-0.4, -0.2) is 22.2 Å². The fourth-order valence-electron chi connectivity index (χ4n) is 1.87. The molecule has 2 aromatic carbocycles. The van der Waals surface area contributed by atoms with Gasteiger partial charge in [0.25, 0.3) is 0 Å². The predicted octanol–water partition coefficient (Wildman–Crippen LogP) is 5.91. The molecule has 0 heterocycles. The van der Waals surface area contributed by atoms with Crippen molar-refractivity contribution in [3.8, 4) is 11.5 Å².